The Balaban J connectivity index is 2.01. The van der Waals surface area contributed by atoms with Crippen molar-refractivity contribution in [2.45, 2.75) is 46.4 Å². The summed E-state index contributed by atoms with van der Waals surface area (Å²) in [5.41, 5.74) is 7.05. The maximum atomic E-state index is 11.9. The molecule has 0 saturated carbocycles. The molecule has 1 aromatic heterocycles. The van der Waals surface area contributed by atoms with Gasteiger partial charge in [-0.2, -0.15) is 5.10 Å². The number of anilines is 1. The van der Waals surface area contributed by atoms with Crippen LogP contribution in [0.15, 0.2) is 0 Å². The molecule has 2 heterocycles. The maximum Gasteiger partial charge on any atom is 0.343 e. The topological polar surface area (TPSA) is 82.6 Å². The molecule has 1 aliphatic rings. The maximum absolute atomic E-state index is 11.9. The van der Waals surface area contributed by atoms with Crippen LogP contribution in [0.5, 0.6) is 0 Å². The first kappa shape index (κ1) is 16.8. The summed E-state index contributed by atoms with van der Waals surface area (Å²) in [4.78, 5) is 14.2. The molecular formula is C15H26N4O3. The van der Waals surface area contributed by atoms with Gasteiger partial charge in [0.2, 0.25) is 0 Å². The Morgan fingerprint density at radius 2 is 2.00 bits per heavy atom. The minimum atomic E-state index is -0.405. The third kappa shape index (κ3) is 3.78. The second-order valence-electron chi connectivity index (χ2n) is 5.81. The highest BCUT2D eigenvalue weighted by Gasteiger charge is 2.24. The molecule has 7 heteroatoms. The lowest BCUT2D eigenvalue weighted by atomic mass is 10.2. The molecule has 1 aromatic rings. The summed E-state index contributed by atoms with van der Waals surface area (Å²) in [5.74, 6) is -0.0253. The molecule has 0 radical (unpaired) electrons. The lowest BCUT2D eigenvalue weighted by Gasteiger charge is -2.35. The molecule has 0 amide bonds. The largest absolute Gasteiger partial charge is 0.462 e. The number of carbonyl (C=O) groups is 1. The van der Waals surface area contributed by atoms with Crippen LogP contribution >= 0.6 is 0 Å². The van der Waals surface area contributed by atoms with Gasteiger partial charge in [-0.1, -0.05) is 0 Å². The van der Waals surface area contributed by atoms with Gasteiger partial charge >= 0.3 is 5.97 Å². The number of rotatable bonds is 5. The van der Waals surface area contributed by atoms with Crippen LogP contribution in [0.1, 0.15) is 36.8 Å². The SMILES string of the molecule is CCOC(=O)c1c(C)nn(CCN2C[C@@H](C)O[C@@H](C)C2)c1N. The average Bonchev–Trinajstić information content (AvgIpc) is 2.70. The molecule has 0 unspecified atom stereocenters. The van der Waals surface area contributed by atoms with Crippen LogP contribution in [-0.2, 0) is 16.0 Å². The van der Waals surface area contributed by atoms with E-state index in [1.807, 2.05) is 0 Å². The summed E-state index contributed by atoms with van der Waals surface area (Å²) in [6.07, 6.45) is 0.464. The Hall–Kier alpha value is -1.60. The van der Waals surface area contributed by atoms with E-state index in [1.165, 1.54) is 0 Å². The van der Waals surface area contributed by atoms with Crippen molar-refractivity contribution in [1.82, 2.24) is 14.7 Å². The number of nitrogens with two attached hydrogens (primary N) is 1. The Bertz CT molecular complexity index is 519. The number of aryl methyl sites for hydroxylation is 1. The smallest absolute Gasteiger partial charge is 0.343 e. The highest BCUT2D eigenvalue weighted by Crippen LogP contribution is 2.18. The van der Waals surface area contributed by atoms with Gasteiger partial charge in [-0.3, -0.25) is 4.90 Å². The number of esters is 1. The molecule has 0 bridgehead atoms. The van der Waals surface area contributed by atoms with Gasteiger partial charge in [0.1, 0.15) is 11.4 Å². The normalized spacial score (nSPS) is 22.7. The zero-order valence-electron chi connectivity index (χ0n) is 13.8. The number of ether oxygens (including phenoxy) is 2. The van der Waals surface area contributed by atoms with E-state index in [0.29, 0.717) is 30.2 Å². The van der Waals surface area contributed by atoms with Crippen molar-refractivity contribution in [3.63, 3.8) is 0 Å². The van der Waals surface area contributed by atoms with Crippen molar-refractivity contribution in [3.05, 3.63) is 11.3 Å². The number of morpholine rings is 1. The number of hydrogen-bond donors (Lipinski definition) is 1. The minimum absolute atomic E-state index is 0.232. The number of carbonyl (C=O) groups excluding carboxylic acids is 1. The van der Waals surface area contributed by atoms with E-state index >= 15 is 0 Å². The van der Waals surface area contributed by atoms with E-state index in [4.69, 9.17) is 15.2 Å². The first-order valence-corrected chi connectivity index (χ1v) is 7.80. The molecule has 124 valence electrons. The van der Waals surface area contributed by atoms with Crippen molar-refractivity contribution in [1.29, 1.82) is 0 Å². The van der Waals surface area contributed by atoms with Gasteiger partial charge in [-0.25, -0.2) is 9.48 Å². The molecule has 2 atom stereocenters. The summed E-state index contributed by atoms with van der Waals surface area (Å²) in [6, 6.07) is 0. The van der Waals surface area contributed by atoms with Crippen LogP contribution in [0.3, 0.4) is 0 Å². The zero-order valence-corrected chi connectivity index (χ0v) is 13.8. The Morgan fingerprint density at radius 1 is 1.36 bits per heavy atom. The quantitative estimate of drug-likeness (QED) is 0.819. The number of aromatic nitrogens is 2. The molecule has 2 rings (SSSR count). The first-order chi connectivity index (χ1) is 10.4. The molecular weight excluding hydrogens is 284 g/mol. The summed E-state index contributed by atoms with van der Waals surface area (Å²) < 4.78 is 12.4. The van der Waals surface area contributed by atoms with E-state index in [-0.39, 0.29) is 12.2 Å². The van der Waals surface area contributed by atoms with Crippen LogP contribution in [-0.4, -0.2) is 59.1 Å². The molecule has 1 saturated heterocycles. The number of hydrogen-bond acceptors (Lipinski definition) is 6. The van der Waals surface area contributed by atoms with E-state index < -0.39 is 5.97 Å². The molecule has 0 spiro atoms. The fourth-order valence-corrected chi connectivity index (χ4v) is 2.93. The summed E-state index contributed by atoms with van der Waals surface area (Å²) in [6.45, 7) is 11.3. The van der Waals surface area contributed by atoms with Crippen molar-refractivity contribution in [2.24, 2.45) is 0 Å². The van der Waals surface area contributed by atoms with Gasteiger partial charge in [0.05, 0.1) is 31.1 Å². The molecule has 7 nitrogen and oxygen atoms in total. The van der Waals surface area contributed by atoms with E-state index in [1.54, 1.807) is 18.5 Å². The van der Waals surface area contributed by atoms with Crippen LogP contribution in [0.2, 0.25) is 0 Å². The van der Waals surface area contributed by atoms with Gasteiger partial charge in [0.15, 0.2) is 0 Å². The van der Waals surface area contributed by atoms with Gasteiger partial charge in [-0.15, -0.1) is 0 Å². The van der Waals surface area contributed by atoms with E-state index in [2.05, 4.69) is 23.8 Å². The lowest BCUT2D eigenvalue weighted by Crippen LogP contribution is -2.46. The van der Waals surface area contributed by atoms with Crippen LogP contribution in [0, 0.1) is 6.92 Å². The van der Waals surface area contributed by atoms with Crippen LogP contribution < -0.4 is 5.73 Å². The van der Waals surface area contributed by atoms with Crippen molar-refractivity contribution in [3.8, 4) is 0 Å². The third-order valence-corrected chi connectivity index (χ3v) is 3.77. The van der Waals surface area contributed by atoms with Crippen molar-refractivity contribution < 1.29 is 14.3 Å². The molecule has 1 fully saturated rings. The second kappa shape index (κ2) is 7.11. The molecule has 2 N–H and O–H groups in total. The lowest BCUT2D eigenvalue weighted by molar-refractivity contribution is -0.0687. The molecule has 0 aromatic carbocycles. The first-order valence-electron chi connectivity index (χ1n) is 7.80. The van der Waals surface area contributed by atoms with Crippen LogP contribution in [0.4, 0.5) is 5.82 Å². The van der Waals surface area contributed by atoms with E-state index in [0.717, 1.165) is 19.6 Å². The summed E-state index contributed by atoms with van der Waals surface area (Å²) in [7, 11) is 0. The Morgan fingerprint density at radius 3 is 2.59 bits per heavy atom. The number of nitrogens with zero attached hydrogens (tertiary/aromatic N) is 3. The fourth-order valence-electron chi connectivity index (χ4n) is 2.93. The monoisotopic (exact) mass is 310 g/mol. The third-order valence-electron chi connectivity index (χ3n) is 3.77. The van der Waals surface area contributed by atoms with Crippen molar-refractivity contribution >= 4 is 11.8 Å². The van der Waals surface area contributed by atoms with Crippen molar-refractivity contribution in [2.75, 3.05) is 32.0 Å². The Kier molecular flexibility index (Phi) is 5.42. The predicted molar refractivity (Wildman–Crippen MR) is 83.8 cm³/mol. The summed E-state index contributed by atoms with van der Waals surface area (Å²) in [5, 5.41) is 4.37. The highest BCUT2D eigenvalue weighted by molar-refractivity contribution is 5.95. The van der Waals surface area contributed by atoms with Gasteiger partial charge in [-0.05, 0) is 27.7 Å². The van der Waals surface area contributed by atoms with Gasteiger partial charge in [0.25, 0.3) is 0 Å². The van der Waals surface area contributed by atoms with E-state index in [9.17, 15) is 4.79 Å². The zero-order chi connectivity index (χ0) is 16.3. The number of nitrogen functional groups attached to an aromatic ring is 1. The fraction of sp³-hybridized carbons (Fsp3) is 0.733. The van der Waals surface area contributed by atoms with Gasteiger partial charge < -0.3 is 15.2 Å². The van der Waals surface area contributed by atoms with Crippen LogP contribution in [0.25, 0.3) is 0 Å². The Labute approximate surface area is 131 Å². The highest BCUT2D eigenvalue weighted by atomic mass is 16.5. The van der Waals surface area contributed by atoms with Gasteiger partial charge in [0, 0.05) is 19.6 Å². The standard InChI is InChI=1S/C15H26N4O3/c1-5-21-15(20)13-12(4)17-19(14(13)16)7-6-18-8-10(2)22-11(3)9-18/h10-11H,5-9,16H2,1-4H3/t10-,11+. The minimum Gasteiger partial charge on any atom is -0.462 e. The molecule has 1 aliphatic heterocycles. The summed E-state index contributed by atoms with van der Waals surface area (Å²) >= 11 is 0. The molecule has 0 aliphatic carbocycles. The second-order valence-corrected chi connectivity index (χ2v) is 5.81. The average molecular weight is 310 g/mol. The molecule has 22 heavy (non-hydrogen) atoms. The predicted octanol–water partition coefficient (Wildman–Crippen LogP) is 1.06.